The van der Waals surface area contributed by atoms with E-state index in [0.717, 1.165) is 35.0 Å². The van der Waals surface area contributed by atoms with Crippen LogP contribution in [0.4, 0.5) is 5.69 Å². The minimum atomic E-state index is -2.85. The smallest absolute Gasteiger partial charge is 0.274 e. The second-order valence-electron chi connectivity index (χ2n) is 8.11. The van der Waals surface area contributed by atoms with E-state index in [2.05, 4.69) is 10.3 Å². The zero-order chi connectivity index (χ0) is 20.6. The lowest BCUT2D eigenvalue weighted by Crippen LogP contribution is -2.19. The van der Waals surface area contributed by atoms with Crippen LogP contribution in [0.25, 0.3) is 22.0 Å². The third kappa shape index (κ3) is 3.96. The molecule has 4 rings (SSSR count). The van der Waals surface area contributed by atoms with Crippen molar-refractivity contribution in [3.8, 4) is 11.1 Å². The second kappa shape index (κ2) is 7.71. The Kier molecular flexibility index (Phi) is 5.25. The quantitative estimate of drug-likeness (QED) is 0.542. The van der Waals surface area contributed by atoms with Crippen molar-refractivity contribution in [2.45, 2.75) is 49.5 Å². The fraction of sp³-hybridized carbons (Fsp3) is 0.409. The van der Waals surface area contributed by atoms with Crippen molar-refractivity contribution < 1.29 is 4.21 Å². The van der Waals surface area contributed by atoms with Crippen LogP contribution in [0.15, 0.2) is 46.3 Å². The lowest BCUT2D eigenvalue weighted by molar-refractivity contribution is 0.620. The molecule has 154 valence electrons. The molecule has 1 aromatic carbocycles. The van der Waals surface area contributed by atoms with Crippen LogP contribution >= 0.6 is 0 Å². The van der Waals surface area contributed by atoms with Gasteiger partial charge in [0, 0.05) is 58.8 Å². The fourth-order valence-electron chi connectivity index (χ4n) is 4.24. The summed E-state index contributed by atoms with van der Waals surface area (Å²) in [5.41, 5.74) is 3.21. The van der Waals surface area contributed by atoms with Crippen molar-refractivity contribution in [2.24, 2.45) is 7.05 Å². The van der Waals surface area contributed by atoms with Crippen LogP contribution in [-0.4, -0.2) is 26.1 Å². The molecule has 1 aliphatic carbocycles. The Labute approximate surface area is 171 Å². The van der Waals surface area contributed by atoms with Gasteiger partial charge < -0.3 is 14.9 Å². The molecule has 0 spiro atoms. The van der Waals surface area contributed by atoms with E-state index >= 15 is 0 Å². The van der Waals surface area contributed by atoms with Gasteiger partial charge in [-0.1, -0.05) is 25.7 Å². The third-order valence-electron chi connectivity index (χ3n) is 5.84. The summed E-state index contributed by atoms with van der Waals surface area (Å²) >= 11 is 0. The molecule has 6 nitrogen and oxygen atoms in total. The average molecular weight is 413 g/mol. The largest absolute Gasteiger partial charge is 0.382 e. The summed E-state index contributed by atoms with van der Waals surface area (Å²) in [5, 5.41) is 4.54. The molecule has 7 heteroatoms. The molecule has 0 amide bonds. The maximum absolute atomic E-state index is 12.5. The molecule has 0 radical (unpaired) electrons. The van der Waals surface area contributed by atoms with Gasteiger partial charge in [0.2, 0.25) is 0 Å². The Hall–Kier alpha value is -2.54. The lowest BCUT2D eigenvalue weighted by atomic mass is 10.0. The van der Waals surface area contributed by atoms with Crippen LogP contribution in [0.3, 0.4) is 0 Å². The second-order valence-corrected chi connectivity index (χ2v) is 10.3. The number of hydrogen-bond acceptors (Lipinski definition) is 4. The number of rotatable bonds is 4. The van der Waals surface area contributed by atoms with Gasteiger partial charge in [-0.15, -0.1) is 0 Å². The summed E-state index contributed by atoms with van der Waals surface area (Å²) in [6.45, 7) is 0. The summed E-state index contributed by atoms with van der Waals surface area (Å²) in [6, 6.07) is 7.88. The first-order chi connectivity index (χ1) is 13.8. The van der Waals surface area contributed by atoms with Crippen molar-refractivity contribution >= 4 is 26.3 Å². The molecule has 2 aromatic heterocycles. The predicted octanol–water partition coefficient (Wildman–Crippen LogP) is 4.70. The van der Waals surface area contributed by atoms with E-state index in [1.54, 1.807) is 23.9 Å². The Morgan fingerprint density at radius 1 is 1.14 bits per heavy atom. The van der Waals surface area contributed by atoms with E-state index in [1.807, 2.05) is 24.4 Å². The monoisotopic (exact) mass is 412 g/mol. The molecule has 0 bridgehead atoms. The van der Waals surface area contributed by atoms with Gasteiger partial charge in [0.25, 0.3) is 5.56 Å². The Balaban J connectivity index is 1.89. The number of fused-ring (bicyclic) bond motifs is 1. The highest BCUT2D eigenvalue weighted by atomic mass is 32.2. The number of nitrogens with one attached hydrogen (secondary N) is 3. The number of benzene rings is 1. The van der Waals surface area contributed by atoms with Crippen molar-refractivity contribution in [1.82, 2.24) is 9.55 Å². The Morgan fingerprint density at radius 3 is 2.55 bits per heavy atom. The molecule has 0 aliphatic heterocycles. The molecular formula is C22H28N4O2S. The van der Waals surface area contributed by atoms with Gasteiger partial charge in [-0.3, -0.25) is 4.79 Å². The summed E-state index contributed by atoms with van der Waals surface area (Å²) in [4.78, 5) is 16.0. The van der Waals surface area contributed by atoms with E-state index in [-0.39, 0.29) is 5.56 Å². The highest BCUT2D eigenvalue weighted by Gasteiger charge is 2.18. The molecule has 3 aromatic rings. The summed E-state index contributed by atoms with van der Waals surface area (Å²) in [6.07, 6.45) is 12.3. The zero-order valence-electron chi connectivity index (χ0n) is 17.0. The number of H-pyrrole nitrogens is 1. The standard InChI is InChI=1S/C22H28N4O2S/c1-26-14-19(17-11-12-24-21(17)22(26)27)18-13-16(29(2,23)28)9-10-20(18)25-15-7-5-3-4-6-8-15/h9-15,23-25H,3-8H2,1-2H3. The summed E-state index contributed by atoms with van der Waals surface area (Å²) in [7, 11) is -1.11. The molecule has 1 atom stereocenters. The number of anilines is 1. The van der Waals surface area contributed by atoms with E-state index in [1.165, 1.54) is 31.9 Å². The van der Waals surface area contributed by atoms with E-state index < -0.39 is 9.73 Å². The van der Waals surface area contributed by atoms with Gasteiger partial charge in [0.1, 0.15) is 5.52 Å². The highest BCUT2D eigenvalue weighted by molar-refractivity contribution is 7.91. The maximum Gasteiger partial charge on any atom is 0.274 e. The van der Waals surface area contributed by atoms with E-state index in [0.29, 0.717) is 16.5 Å². The Morgan fingerprint density at radius 2 is 1.86 bits per heavy atom. The molecule has 1 aliphatic rings. The van der Waals surface area contributed by atoms with Gasteiger partial charge in [0.05, 0.1) is 9.73 Å². The van der Waals surface area contributed by atoms with Crippen molar-refractivity contribution in [3.05, 3.63) is 47.0 Å². The van der Waals surface area contributed by atoms with Crippen molar-refractivity contribution in [2.75, 3.05) is 11.6 Å². The minimum absolute atomic E-state index is 0.0806. The van der Waals surface area contributed by atoms with Crippen LogP contribution in [0.2, 0.25) is 0 Å². The predicted molar refractivity (Wildman–Crippen MR) is 119 cm³/mol. The lowest BCUT2D eigenvalue weighted by Gasteiger charge is -2.21. The first-order valence-corrected chi connectivity index (χ1v) is 12.1. The van der Waals surface area contributed by atoms with E-state index in [9.17, 15) is 9.00 Å². The molecule has 3 N–H and O–H groups in total. The maximum atomic E-state index is 12.5. The number of aryl methyl sites for hydroxylation is 1. The molecule has 29 heavy (non-hydrogen) atoms. The number of nitrogens with zero attached hydrogens (tertiary/aromatic N) is 1. The molecule has 1 unspecified atom stereocenters. The van der Waals surface area contributed by atoms with Gasteiger partial charge >= 0.3 is 0 Å². The molecular weight excluding hydrogens is 384 g/mol. The van der Waals surface area contributed by atoms with Gasteiger partial charge in [-0.05, 0) is 37.1 Å². The normalized spacial score (nSPS) is 17.7. The Bertz CT molecular complexity index is 1200. The SMILES string of the molecule is Cn1cc(-c2cc(S(C)(=N)=O)ccc2NC2CCCCCC2)c2cc[nH]c2c1=O. The van der Waals surface area contributed by atoms with E-state index in [4.69, 9.17) is 4.78 Å². The van der Waals surface area contributed by atoms with Gasteiger partial charge in [0.15, 0.2) is 0 Å². The molecule has 0 saturated heterocycles. The van der Waals surface area contributed by atoms with Gasteiger partial charge in [-0.2, -0.15) is 0 Å². The summed E-state index contributed by atoms with van der Waals surface area (Å²) < 4.78 is 22.0. The number of pyridine rings is 1. The number of hydrogen-bond donors (Lipinski definition) is 3. The molecule has 1 saturated carbocycles. The topological polar surface area (TPSA) is 90.7 Å². The van der Waals surface area contributed by atoms with Crippen LogP contribution in [0.1, 0.15) is 38.5 Å². The summed E-state index contributed by atoms with van der Waals surface area (Å²) in [5.74, 6) is 0. The van der Waals surface area contributed by atoms with Crippen LogP contribution in [-0.2, 0) is 16.8 Å². The first-order valence-electron chi connectivity index (χ1n) is 10.2. The zero-order valence-corrected chi connectivity index (χ0v) is 17.8. The van der Waals surface area contributed by atoms with Crippen LogP contribution in [0, 0.1) is 4.78 Å². The fourth-order valence-corrected chi connectivity index (χ4v) is 4.91. The van der Waals surface area contributed by atoms with Crippen LogP contribution in [0.5, 0.6) is 0 Å². The van der Waals surface area contributed by atoms with Crippen molar-refractivity contribution in [3.63, 3.8) is 0 Å². The minimum Gasteiger partial charge on any atom is -0.382 e. The molecule has 1 fully saturated rings. The first kappa shape index (κ1) is 19.8. The average Bonchev–Trinajstić information content (AvgIpc) is 3.03. The van der Waals surface area contributed by atoms with Gasteiger partial charge in [-0.25, -0.2) is 8.99 Å². The number of aromatic nitrogens is 2. The van der Waals surface area contributed by atoms with Crippen molar-refractivity contribution in [1.29, 1.82) is 4.78 Å². The number of aromatic amines is 1. The third-order valence-corrected chi connectivity index (χ3v) is 6.99. The molecule has 2 heterocycles. The van der Waals surface area contributed by atoms with Crippen LogP contribution < -0.4 is 10.9 Å². The highest BCUT2D eigenvalue weighted by Crippen LogP contribution is 2.35.